The van der Waals surface area contributed by atoms with Crippen molar-refractivity contribution >= 4 is 43.1 Å². The van der Waals surface area contributed by atoms with Crippen LogP contribution in [0.15, 0.2) is 23.1 Å². The second-order valence-electron chi connectivity index (χ2n) is 4.30. The van der Waals surface area contributed by atoms with Crippen LogP contribution in [-0.2, 0) is 19.9 Å². The van der Waals surface area contributed by atoms with Crippen LogP contribution in [0.5, 0.6) is 0 Å². The molecule has 19 heavy (non-hydrogen) atoms. The lowest BCUT2D eigenvalue weighted by atomic mass is 10.3. The van der Waals surface area contributed by atoms with Crippen LogP contribution in [0.3, 0.4) is 0 Å². The van der Waals surface area contributed by atoms with Crippen molar-refractivity contribution in [3.63, 3.8) is 0 Å². The van der Waals surface area contributed by atoms with E-state index in [0.29, 0.717) is 0 Å². The van der Waals surface area contributed by atoms with E-state index in [4.69, 9.17) is 23.2 Å². The van der Waals surface area contributed by atoms with Crippen molar-refractivity contribution in [3.05, 3.63) is 28.2 Å². The molecule has 0 radical (unpaired) electrons. The molecule has 1 unspecified atom stereocenters. The van der Waals surface area contributed by atoms with Gasteiger partial charge in [-0.25, -0.2) is 21.6 Å². The van der Waals surface area contributed by atoms with Crippen molar-refractivity contribution in [2.75, 3.05) is 11.5 Å². The summed E-state index contributed by atoms with van der Waals surface area (Å²) in [5.74, 6) is -0.172. The molecule has 1 aromatic carbocycles. The van der Waals surface area contributed by atoms with E-state index in [9.17, 15) is 16.8 Å². The molecule has 1 aromatic rings. The lowest BCUT2D eigenvalue weighted by Gasteiger charge is -2.12. The molecule has 0 saturated carbocycles. The van der Waals surface area contributed by atoms with Gasteiger partial charge in [-0.2, -0.15) is 0 Å². The summed E-state index contributed by atoms with van der Waals surface area (Å²) in [6.07, 6.45) is 0.281. The van der Waals surface area contributed by atoms with E-state index in [1.165, 1.54) is 18.2 Å². The topological polar surface area (TPSA) is 80.3 Å². The van der Waals surface area contributed by atoms with Crippen LogP contribution in [0.1, 0.15) is 6.42 Å². The predicted molar refractivity (Wildman–Crippen MR) is 73.8 cm³/mol. The van der Waals surface area contributed by atoms with E-state index in [2.05, 4.69) is 4.72 Å². The molecule has 0 spiro atoms. The number of nitrogens with one attached hydrogen (secondary N) is 1. The Morgan fingerprint density at radius 2 is 1.89 bits per heavy atom. The summed E-state index contributed by atoms with van der Waals surface area (Å²) in [6.45, 7) is 0. The third-order valence-electron chi connectivity index (χ3n) is 2.76. The summed E-state index contributed by atoms with van der Waals surface area (Å²) >= 11 is 11.5. The van der Waals surface area contributed by atoms with E-state index < -0.39 is 25.9 Å². The molecular formula is C10H11Cl2NO4S2. The second-order valence-corrected chi connectivity index (χ2v) is 9.05. The third kappa shape index (κ3) is 3.61. The molecule has 0 aliphatic carbocycles. The van der Waals surface area contributed by atoms with E-state index >= 15 is 0 Å². The fraction of sp³-hybridized carbons (Fsp3) is 0.400. The summed E-state index contributed by atoms with van der Waals surface area (Å²) in [7, 11) is -6.93. The zero-order valence-electron chi connectivity index (χ0n) is 9.64. The second kappa shape index (κ2) is 5.21. The zero-order valence-corrected chi connectivity index (χ0v) is 12.8. The van der Waals surface area contributed by atoms with Crippen molar-refractivity contribution in [2.45, 2.75) is 17.4 Å². The van der Waals surface area contributed by atoms with E-state index in [0.717, 1.165) is 0 Å². The van der Waals surface area contributed by atoms with Gasteiger partial charge in [-0.05, 0) is 24.6 Å². The molecule has 2 rings (SSSR count). The highest BCUT2D eigenvalue weighted by Crippen LogP contribution is 2.25. The van der Waals surface area contributed by atoms with Crippen molar-refractivity contribution < 1.29 is 16.8 Å². The molecule has 9 heteroatoms. The summed E-state index contributed by atoms with van der Waals surface area (Å²) in [5.41, 5.74) is 0. The van der Waals surface area contributed by atoms with Gasteiger partial charge in [0.15, 0.2) is 9.84 Å². The Hall–Kier alpha value is -0.340. The first-order valence-electron chi connectivity index (χ1n) is 5.37. The van der Waals surface area contributed by atoms with Crippen LogP contribution in [0.25, 0.3) is 0 Å². The largest absolute Gasteiger partial charge is 0.240 e. The summed E-state index contributed by atoms with van der Waals surface area (Å²) in [4.78, 5) is -0.0359. The zero-order chi connectivity index (χ0) is 14.3. The summed E-state index contributed by atoms with van der Waals surface area (Å²) in [5, 5.41) is 0.382. The number of benzene rings is 1. The third-order valence-corrected chi connectivity index (χ3v) is 6.78. The molecule has 0 amide bonds. The highest BCUT2D eigenvalue weighted by atomic mass is 35.5. The number of rotatable bonds is 3. The molecule has 1 atom stereocenters. The van der Waals surface area contributed by atoms with Crippen LogP contribution in [0.2, 0.25) is 10.0 Å². The Kier molecular flexibility index (Phi) is 4.13. The highest BCUT2D eigenvalue weighted by Gasteiger charge is 2.31. The Labute approximate surface area is 121 Å². The lowest BCUT2D eigenvalue weighted by Crippen LogP contribution is -2.35. The highest BCUT2D eigenvalue weighted by molar-refractivity contribution is 7.92. The minimum absolute atomic E-state index is 0.00155. The first-order chi connectivity index (χ1) is 8.70. The van der Waals surface area contributed by atoms with Gasteiger partial charge in [0.2, 0.25) is 10.0 Å². The van der Waals surface area contributed by atoms with Gasteiger partial charge in [0.25, 0.3) is 0 Å². The van der Waals surface area contributed by atoms with Gasteiger partial charge in [-0.3, -0.25) is 0 Å². The van der Waals surface area contributed by atoms with Gasteiger partial charge < -0.3 is 0 Å². The van der Waals surface area contributed by atoms with Gasteiger partial charge in [0, 0.05) is 6.04 Å². The Bertz CT molecular complexity index is 700. The van der Waals surface area contributed by atoms with Crippen LogP contribution >= 0.6 is 23.2 Å². The van der Waals surface area contributed by atoms with Crippen LogP contribution < -0.4 is 4.72 Å². The van der Waals surface area contributed by atoms with Crippen molar-refractivity contribution in [2.24, 2.45) is 0 Å². The maximum Gasteiger partial charge on any atom is 0.240 e. The Morgan fingerprint density at radius 1 is 1.21 bits per heavy atom. The van der Waals surface area contributed by atoms with Gasteiger partial charge in [0.1, 0.15) is 0 Å². The van der Waals surface area contributed by atoms with Gasteiger partial charge in [-0.15, -0.1) is 0 Å². The fourth-order valence-electron chi connectivity index (χ4n) is 1.82. The molecular weight excluding hydrogens is 333 g/mol. The number of halogens is 2. The van der Waals surface area contributed by atoms with E-state index in [-0.39, 0.29) is 32.9 Å². The number of sulfonamides is 1. The molecule has 0 bridgehead atoms. The SMILES string of the molecule is O=S1(=O)CCC(NS(=O)(=O)c2ccc(Cl)c(Cl)c2)C1. The first kappa shape index (κ1) is 15.1. The molecule has 0 aromatic heterocycles. The fourth-order valence-corrected chi connectivity index (χ4v) is 5.26. The molecule has 5 nitrogen and oxygen atoms in total. The Balaban J connectivity index is 2.21. The average molecular weight is 344 g/mol. The normalized spacial score (nSPS) is 22.5. The quantitative estimate of drug-likeness (QED) is 0.900. The molecule has 1 heterocycles. The molecule has 1 saturated heterocycles. The molecule has 1 aliphatic heterocycles. The van der Waals surface area contributed by atoms with Gasteiger partial charge >= 0.3 is 0 Å². The maximum absolute atomic E-state index is 12.1. The smallest absolute Gasteiger partial charge is 0.229 e. The molecule has 106 valence electrons. The van der Waals surface area contributed by atoms with Crippen molar-refractivity contribution in [1.29, 1.82) is 0 Å². The lowest BCUT2D eigenvalue weighted by molar-refractivity contribution is 0.562. The van der Waals surface area contributed by atoms with Crippen molar-refractivity contribution in [3.8, 4) is 0 Å². The minimum Gasteiger partial charge on any atom is -0.229 e. The first-order valence-corrected chi connectivity index (χ1v) is 9.43. The predicted octanol–water partition coefficient (Wildman–Crippen LogP) is 1.46. The number of hydrogen-bond acceptors (Lipinski definition) is 4. The standard InChI is InChI=1S/C10H11Cl2NO4S2/c11-9-2-1-8(5-10(9)12)19(16,17)13-7-3-4-18(14,15)6-7/h1-2,5,7,13H,3-4,6H2. The van der Waals surface area contributed by atoms with Gasteiger partial charge in [-0.1, -0.05) is 23.2 Å². The molecule has 1 aliphatic rings. The summed E-state index contributed by atoms with van der Waals surface area (Å²) < 4.78 is 49.1. The van der Waals surface area contributed by atoms with Crippen molar-refractivity contribution in [1.82, 2.24) is 4.72 Å². The summed E-state index contributed by atoms with van der Waals surface area (Å²) in [6, 6.07) is 3.34. The maximum atomic E-state index is 12.1. The average Bonchev–Trinajstić information content (AvgIpc) is 2.61. The van der Waals surface area contributed by atoms with Crippen LogP contribution in [0.4, 0.5) is 0 Å². The van der Waals surface area contributed by atoms with Crippen LogP contribution in [0, 0.1) is 0 Å². The van der Waals surface area contributed by atoms with Gasteiger partial charge in [0.05, 0.1) is 26.4 Å². The number of hydrogen-bond donors (Lipinski definition) is 1. The molecule has 1 N–H and O–H groups in total. The van der Waals surface area contributed by atoms with Crippen LogP contribution in [-0.4, -0.2) is 34.4 Å². The van der Waals surface area contributed by atoms with E-state index in [1.807, 2.05) is 0 Å². The monoisotopic (exact) mass is 343 g/mol. The van der Waals surface area contributed by atoms with E-state index in [1.54, 1.807) is 0 Å². The number of sulfone groups is 1. The Morgan fingerprint density at radius 3 is 2.42 bits per heavy atom. The minimum atomic E-state index is -3.79. The molecule has 1 fully saturated rings.